The van der Waals surface area contributed by atoms with Gasteiger partial charge in [-0.25, -0.2) is 0 Å². The molecule has 0 heterocycles. The normalized spacial score (nSPS) is 9.67. The van der Waals surface area contributed by atoms with Crippen molar-refractivity contribution in [2.24, 2.45) is 5.73 Å². The quantitative estimate of drug-likeness (QED) is 0.914. The Morgan fingerprint density at radius 3 is 2.33 bits per heavy atom. The van der Waals surface area contributed by atoms with Crippen LogP contribution in [0.2, 0.25) is 0 Å². The first-order valence-corrected chi connectivity index (χ1v) is 5.87. The van der Waals surface area contributed by atoms with Gasteiger partial charge in [0.15, 0.2) is 0 Å². The first kappa shape index (κ1) is 14.6. The average molecular weight is 264 g/mol. The van der Waals surface area contributed by atoms with Crippen molar-refractivity contribution in [2.45, 2.75) is 13.5 Å². The van der Waals surface area contributed by atoms with Gasteiger partial charge >= 0.3 is 0 Å². The zero-order valence-corrected chi connectivity index (χ0v) is 11.2. The van der Waals surface area contributed by atoms with E-state index in [1.165, 1.54) is 0 Å². The van der Waals surface area contributed by atoms with Gasteiger partial charge in [-0.05, 0) is 12.5 Å². The Hall–Kier alpha value is -1.51. The number of hydrogen-bond acceptors (Lipinski definition) is 2. The Morgan fingerprint density at radius 2 is 1.72 bits per heavy atom. The summed E-state index contributed by atoms with van der Waals surface area (Å²) in [6, 6.07) is 16.3. The highest BCUT2D eigenvalue weighted by Gasteiger charge is 2.09. The molecular weight excluding hydrogens is 246 g/mol. The van der Waals surface area contributed by atoms with Crippen LogP contribution in [-0.2, 0) is 6.54 Å². The van der Waals surface area contributed by atoms with Crippen molar-refractivity contribution < 1.29 is 4.74 Å². The lowest BCUT2D eigenvalue weighted by Crippen LogP contribution is -2.03. The molecule has 0 saturated heterocycles. The first-order chi connectivity index (χ1) is 8.36. The van der Waals surface area contributed by atoms with Crippen LogP contribution in [0.3, 0.4) is 0 Å². The van der Waals surface area contributed by atoms with Gasteiger partial charge in [0.25, 0.3) is 0 Å². The fourth-order valence-electron chi connectivity index (χ4n) is 1.91. The molecule has 0 aliphatic carbocycles. The van der Waals surface area contributed by atoms with Crippen LogP contribution in [0.15, 0.2) is 48.5 Å². The summed E-state index contributed by atoms with van der Waals surface area (Å²) in [6.45, 7) is 3.13. The van der Waals surface area contributed by atoms with E-state index in [1.54, 1.807) is 0 Å². The molecule has 3 heteroatoms. The molecule has 0 unspecified atom stereocenters. The van der Waals surface area contributed by atoms with E-state index in [9.17, 15) is 0 Å². The maximum Gasteiger partial charge on any atom is 0.131 e. The van der Waals surface area contributed by atoms with Crippen LogP contribution in [0, 0.1) is 0 Å². The van der Waals surface area contributed by atoms with Crippen LogP contribution in [-0.4, -0.2) is 6.61 Å². The molecule has 2 nitrogen and oxygen atoms in total. The largest absolute Gasteiger partial charge is 0.493 e. The molecule has 2 aromatic carbocycles. The maximum absolute atomic E-state index is 5.75. The number of ether oxygens (including phenoxy) is 1. The number of nitrogens with two attached hydrogens (primary N) is 1. The summed E-state index contributed by atoms with van der Waals surface area (Å²) in [5.41, 5.74) is 9.06. The van der Waals surface area contributed by atoms with Gasteiger partial charge in [0, 0.05) is 17.7 Å². The minimum Gasteiger partial charge on any atom is -0.493 e. The minimum atomic E-state index is 0. The van der Waals surface area contributed by atoms with E-state index in [-0.39, 0.29) is 12.4 Å². The molecule has 2 N–H and O–H groups in total. The Balaban J connectivity index is 0.00000162. The molecule has 0 bridgehead atoms. The topological polar surface area (TPSA) is 35.2 Å². The van der Waals surface area contributed by atoms with Crippen molar-refractivity contribution in [1.29, 1.82) is 0 Å². The van der Waals surface area contributed by atoms with Crippen molar-refractivity contribution in [2.75, 3.05) is 6.61 Å². The third-order valence-electron chi connectivity index (χ3n) is 2.69. The Morgan fingerprint density at radius 1 is 1.00 bits per heavy atom. The summed E-state index contributed by atoms with van der Waals surface area (Å²) in [5, 5.41) is 0. The Kier molecular flexibility index (Phi) is 5.69. The van der Waals surface area contributed by atoms with E-state index in [2.05, 4.69) is 18.2 Å². The van der Waals surface area contributed by atoms with Crippen LogP contribution in [0.5, 0.6) is 5.75 Å². The molecule has 0 aromatic heterocycles. The fourth-order valence-corrected chi connectivity index (χ4v) is 1.91. The molecule has 96 valence electrons. The Labute approximate surface area is 114 Å². The zero-order valence-electron chi connectivity index (χ0n) is 10.4. The van der Waals surface area contributed by atoms with Crippen LogP contribution in [0.1, 0.15) is 12.5 Å². The zero-order chi connectivity index (χ0) is 12.1. The lowest BCUT2D eigenvalue weighted by Gasteiger charge is -2.14. The third-order valence-corrected chi connectivity index (χ3v) is 2.69. The number of rotatable bonds is 4. The van der Waals surface area contributed by atoms with Gasteiger partial charge in [-0.1, -0.05) is 48.5 Å². The molecule has 0 saturated carbocycles. The van der Waals surface area contributed by atoms with Gasteiger partial charge in [-0.2, -0.15) is 0 Å². The van der Waals surface area contributed by atoms with E-state index >= 15 is 0 Å². The number of hydrogen-bond donors (Lipinski definition) is 1. The predicted octanol–water partition coefficient (Wildman–Crippen LogP) is 3.63. The number of benzene rings is 2. The van der Waals surface area contributed by atoms with Crippen molar-refractivity contribution in [1.82, 2.24) is 0 Å². The van der Waals surface area contributed by atoms with E-state index in [0.717, 1.165) is 22.4 Å². The maximum atomic E-state index is 5.75. The summed E-state index contributed by atoms with van der Waals surface area (Å²) in [7, 11) is 0. The highest BCUT2D eigenvalue weighted by atomic mass is 35.5. The van der Waals surface area contributed by atoms with E-state index < -0.39 is 0 Å². The third kappa shape index (κ3) is 3.03. The molecule has 2 rings (SSSR count). The van der Waals surface area contributed by atoms with Gasteiger partial charge in [-0.15, -0.1) is 12.4 Å². The molecule has 0 radical (unpaired) electrons. The second-order valence-corrected chi connectivity index (χ2v) is 3.80. The van der Waals surface area contributed by atoms with Gasteiger partial charge in [-0.3, -0.25) is 0 Å². The summed E-state index contributed by atoms with van der Waals surface area (Å²) in [5.74, 6) is 0.906. The van der Waals surface area contributed by atoms with E-state index in [1.807, 2.05) is 37.3 Å². The molecule has 18 heavy (non-hydrogen) atoms. The standard InChI is InChI=1S/C15H17NO.ClH/c1-2-17-15-13(11-16)9-6-10-14(15)12-7-4-3-5-8-12;/h3-10H,2,11,16H2,1H3;1H. The van der Waals surface area contributed by atoms with E-state index in [4.69, 9.17) is 10.5 Å². The molecule has 0 fully saturated rings. The van der Waals surface area contributed by atoms with Gasteiger partial charge < -0.3 is 10.5 Å². The van der Waals surface area contributed by atoms with Gasteiger partial charge in [0.05, 0.1) is 6.61 Å². The molecule has 0 spiro atoms. The predicted molar refractivity (Wildman–Crippen MR) is 78.2 cm³/mol. The minimum absolute atomic E-state index is 0. The number of para-hydroxylation sites is 1. The number of halogens is 1. The van der Waals surface area contributed by atoms with Gasteiger partial charge in [0.2, 0.25) is 0 Å². The lowest BCUT2D eigenvalue weighted by atomic mass is 10.0. The van der Waals surface area contributed by atoms with E-state index in [0.29, 0.717) is 13.2 Å². The highest BCUT2D eigenvalue weighted by Crippen LogP contribution is 2.32. The fraction of sp³-hybridized carbons (Fsp3) is 0.200. The molecule has 2 aromatic rings. The first-order valence-electron chi connectivity index (χ1n) is 5.87. The summed E-state index contributed by atoms with van der Waals surface area (Å²) < 4.78 is 5.73. The van der Waals surface area contributed by atoms with Crippen molar-refractivity contribution in [3.05, 3.63) is 54.1 Å². The average Bonchev–Trinajstić information content (AvgIpc) is 2.40. The van der Waals surface area contributed by atoms with Gasteiger partial charge in [0.1, 0.15) is 5.75 Å². The summed E-state index contributed by atoms with van der Waals surface area (Å²) >= 11 is 0. The highest BCUT2D eigenvalue weighted by molar-refractivity contribution is 5.85. The smallest absolute Gasteiger partial charge is 0.131 e. The van der Waals surface area contributed by atoms with Crippen molar-refractivity contribution in [3.63, 3.8) is 0 Å². The van der Waals surface area contributed by atoms with Crippen molar-refractivity contribution >= 4 is 12.4 Å². The monoisotopic (exact) mass is 263 g/mol. The van der Waals surface area contributed by atoms with Crippen LogP contribution < -0.4 is 10.5 Å². The van der Waals surface area contributed by atoms with Crippen LogP contribution >= 0.6 is 12.4 Å². The summed E-state index contributed by atoms with van der Waals surface area (Å²) in [6.07, 6.45) is 0. The Bertz CT molecular complexity index is 485. The second-order valence-electron chi connectivity index (χ2n) is 3.80. The van der Waals surface area contributed by atoms with Crippen LogP contribution in [0.25, 0.3) is 11.1 Å². The van der Waals surface area contributed by atoms with Crippen molar-refractivity contribution in [3.8, 4) is 16.9 Å². The summed E-state index contributed by atoms with van der Waals surface area (Å²) in [4.78, 5) is 0. The molecular formula is C15H18ClNO. The second kappa shape index (κ2) is 7.04. The molecule has 0 aliphatic rings. The lowest BCUT2D eigenvalue weighted by molar-refractivity contribution is 0.338. The molecule has 0 aliphatic heterocycles. The molecule has 0 amide bonds. The SMILES string of the molecule is CCOc1c(CN)cccc1-c1ccccc1.Cl. The van der Waals surface area contributed by atoms with Crippen LogP contribution in [0.4, 0.5) is 0 Å². The molecule has 0 atom stereocenters.